The van der Waals surface area contributed by atoms with E-state index in [9.17, 15) is 5.11 Å². The number of rotatable bonds is 8. The van der Waals surface area contributed by atoms with Crippen molar-refractivity contribution in [3.63, 3.8) is 0 Å². The highest BCUT2D eigenvalue weighted by Gasteiger charge is 2.02. The van der Waals surface area contributed by atoms with Gasteiger partial charge in [-0.2, -0.15) is 0 Å². The first kappa shape index (κ1) is 16.5. The number of nitrogens with zero attached hydrogens (tertiary/aromatic N) is 1. The lowest BCUT2D eigenvalue weighted by atomic mass is 10.1. The normalized spacial score (nSPS) is 11.0. The number of phenols is 1. The Morgan fingerprint density at radius 1 is 0.864 bits per heavy atom. The second kappa shape index (κ2) is 8.57. The van der Waals surface area contributed by atoms with Crippen molar-refractivity contribution in [1.82, 2.24) is 10.2 Å². The van der Waals surface area contributed by atoms with Crippen molar-refractivity contribution >= 4 is 0 Å². The third-order valence-electron chi connectivity index (χ3n) is 3.96. The molecular formula is C19H26N2O. The highest BCUT2D eigenvalue weighted by atomic mass is 16.3. The molecule has 0 unspecified atom stereocenters. The van der Waals surface area contributed by atoms with Crippen LogP contribution in [0, 0.1) is 0 Å². The van der Waals surface area contributed by atoms with Gasteiger partial charge in [-0.05, 0) is 30.3 Å². The molecule has 118 valence electrons. The molecule has 2 aromatic rings. The summed E-state index contributed by atoms with van der Waals surface area (Å²) in [5, 5.41) is 13.1. The molecule has 3 heteroatoms. The van der Waals surface area contributed by atoms with E-state index in [0.717, 1.165) is 31.7 Å². The highest BCUT2D eigenvalue weighted by molar-refractivity contribution is 5.31. The number of para-hydroxylation sites is 1. The van der Waals surface area contributed by atoms with Gasteiger partial charge in [0.25, 0.3) is 0 Å². The topological polar surface area (TPSA) is 35.5 Å². The van der Waals surface area contributed by atoms with E-state index in [-0.39, 0.29) is 0 Å². The van der Waals surface area contributed by atoms with E-state index in [0.29, 0.717) is 12.3 Å². The molecule has 0 amide bonds. The number of benzene rings is 2. The zero-order valence-electron chi connectivity index (χ0n) is 13.5. The third-order valence-corrected chi connectivity index (χ3v) is 3.96. The average molecular weight is 298 g/mol. The molecular weight excluding hydrogens is 272 g/mol. The summed E-state index contributed by atoms with van der Waals surface area (Å²) in [6.45, 7) is 9.05. The third kappa shape index (κ3) is 4.86. The van der Waals surface area contributed by atoms with E-state index in [2.05, 4.69) is 48.3 Å². The predicted octanol–water partition coefficient (Wildman–Crippen LogP) is 3.52. The molecule has 0 saturated heterocycles. The van der Waals surface area contributed by atoms with Crippen molar-refractivity contribution in [1.29, 1.82) is 0 Å². The van der Waals surface area contributed by atoms with Crippen LogP contribution in [0.3, 0.4) is 0 Å². The molecule has 0 aromatic heterocycles. The monoisotopic (exact) mass is 298 g/mol. The first-order chi connectivity index (χ1) is 10.7. The summed E-state index contributed by atoms with van der Waals surface area (Å²) in [6, 6.07) is 16.2. The predicted molar refractivity (Wildman–Crippen MR) is 91.7 cm³/mol. The van der Waals surface area contributed by atoms with Crippen molar-refractivity contribution in [2.75, 3.05) is 13.1 Å². The second-order valence-corrected chi connectivity index (χ2v) is 5.51. The van der Waals surface area contributed by atoms with Gasteiger partial charge in [0.2, 0.25) is 0 Å². The minimum atomic E-state index is 0.351. The van der Waals surface area contributed by atoms with Crippen LogP contribution in [0.25, 0.3) is 0 Å². The van der Waals surface area contributed by atoms with Crippen molar-refractivity contribution in [2.24, 2.45) is 0 Å². The molecule has 0 radical (unpaired) electrons. The van der Waals surface area contributed by atoms with Gasteiger partial charge in [-0.3, -0.25) is 4.90 Å². The quantitative estimate of drug-likeness (QED) is 0.782. The minimum absolute atomic E-state index is 0.351. The summed E-state index contributed by atoms with van der Waals surface area (Å²) < 4.78 is 0. The molecule has 2 rings (SSSR count). The van der Waals surface area contributed by atoms with Crippen LogP contribution in [0.15, 0.2) is 48.5 Å². The number of phenolic OH excluding ortho intramolecular Hbond substituents is 1. The Labute approximate surface area is 133 Å². The average Bonchev–Trinajstić information content (AvgIpc) is 2.56. The van der Waals surface area contributed by atoms with Crippen LogP contribution in [0.1, 0.15) is 30.5 Å². The lowest BCUT2D eigenvalue weighted by molar-refractivity contribution is 0.296. The van der Waals surface area contributed by atoms with Gasteiger partial charge in [-0.1, -0.05) is 56.3 Å². The van der Waals surface area contributed by atoms with Gasteiger partial charge in [-0.15, -0.1) is 0 Å². The number of aromatic hydroxyl groups is 1. The molecule has 3 nitrogen and oxygen atoms in total. The molecule has 0 aliphatic carbocycles. The Morgan fingerprint density at radius 3 is 2.14 bits per heavy atom. The van der Waals surface area contributed by atoms with E-state index in [1.165, 1.54) is 11.1 Å². The van der Waals surface area contributed by atoms with Crippen LogP contribution >= 0.6 is 0 Å². The molecule has 2 N–H and O–H groups in total. The Balaban J connectivity index is 1.83. The van der Waals surface area contributed by atoms with E-state index >= 15 is 0 Å². The zero-order valence-corrected chi connectivity index (χ0v) is 13.5. The van der Waals surface area contributed by atoms with Gasteiger partial charge >= 0.3 is 0 Å². The van der Waals surface area contributed by atoms with Gasteiger partial charge in [0, 0.05) is 25.2 Å². The first-order valence-electron chi connectivity index (χ1n) is 8.00. The van der Waals surface area contributed by atoms with E-state index in [4.69, 9.17) is 0 Å². The van der Waals surface area contributed by atoms with Gasteiger partial charge in [0.05, 0.1) is 0 Å². The number of nitrogens with one attached hydrogen (secondary N) is 1. The second-order valence-electron chi connectivity index (χ2n) is 5.51. The summed E-state index contributed by atoms with van der Waals surface area (Å²) >= 11 is 0. The SMILES string of the molecule is CCN(CC)Cc1ccc(CNCc2ccccc2O)cc1. The smallest absolute Gasteiger partial charge is 0.120 e. The number of hydrogen-bond donors (Lipinski definition) is 2. The van der Waals surface area contributed by atoms with Crippen LogP contribution in [0.5, 0.6) is 5.75 Å². The summed E-state index contributed by atoms with van der Waals surface area (Å²) in [4.78, 5) is 2.41. The van der Waals surface area contributed by atoms with Crippen LogP contribution in [0.2, 0.25) is 0 Å². The van der Waals surface area contributed by atoms with Crippen molar-refractivity contribution in [3.8, 4) is 5.75 Å². The maximum Gasteiger partial charge on any atom is 0.120 e. The van der Waals surface area contributed by atoms with Crippen molar-refractivity contribution in [2.45, 2.75) is 33.5 Å². The van der Waals surface area contributed by atoms with Crippen LogP contribution in [-0.4, -0.2) is 23.1 Å². The Kier molecular flexibility index (Phi) is 6.44. The van der Waals surface area contributed by atoms with Gasteiger partial charge in [-0.25, -0.2) is 0 Å². The standard InChI is InChI=1S/C19H26N2O/c1-3-21(4-2)15-17-11-9-16(10-12-17)13-20-14-18-7-5-6-8-19(18)22/h5-12,20,22H,3-4,13-15H2,1-2H3. The summed E-state index contributed by atoms with van der Waals surface area (Å²) in [5.41, 5.74) is 3.55. The fraction of sp³-hybridized carbons (Fsp3) is 0.368. The maximum atomic E-state index is 9.73. The van der Waals surface area contributed by atoms with E-state index in [1.54, 1.807) is 6.07 Å². The van der Waals surface area contributed by atoms with E-state index < -0.39 is 0 Å². The zero-order chi connectivity index (χ0) is 15.8. The van der Waals surface area contributed by atoms with Gasteiger partial charge in [0.1, 0.15) is 5.75 Å². The first-order valence-corrected chi connectivity index (χ1v) is 8.00. The summed E-state index contributed by atoms with van der Waals surface area (Å²) in [5.74, 6) is 0.351. The molecule has 0 spiro atoms. The molecule has 2 aromatic carbocycles. The fourth-order valence-corrected chi connectivity index (χ4v) is 2.47. The molecule has 0 aliphatic heterocycles. The molecule has 0 heterocycles. The van der Waals surface area contributed by atoms with Crippen molar-refractivity contribution in [3.05, 3.63) is 65.2 Å². The summed E-state index contributed by atoms with van der Waals surface area (Å²) in [7, 11) is 0. The lowest BCUT2D eigenvalue weighted by Crippen LogP contribution is -2.22. The highest BCUT2D eigenvalue weighted by Crippen LogP contribution is 2.15. The summed E-state index contributed by atoms with van der Waals surface area (Å²) in [6.07, 6.45) is 0. The molecule has 22 heavy (non-hydrogen) atoms. The van der Waals surface area contributed by atoms with Crippen molar-refractivity contribution < 1.29 is 5.11 Å². The molecule has 0 atom stereocenters. The Bertz CT molecular complexity index is 562. The van der Waals surface area contributed by atoms with E-state index in [1.807, 2.05) is 18.2 Å². The molecule has 0 aliphatic rings. The van der Waals surface area contributed by atoms with Gasteiger partial charge in [0.15, 0.2) is 0 Å². The van der Waals surface area contributed by atoms with Crippen LogP contribution in [-0.2, 0) is 19.6 Å². The molecule has 0 saturated carbocycles. The minimum Gasteiger partial charge on any atom is -0.508 e. The van der Waals surface area contributed by atoms with Gasteiger partial charge < -0.3 is 10.4 Å². The largest absolute Gasteiger partial charge is 0.508 e. The Morgan fingerprint density at radius 2 is 1.50 bits per heavy atom. The Hall–Kier alpha value is -1.84. The fourth-order valence-electron chi connectivity index (χ4n) is 2.47. The maximum absolute atomic E-state index is 9.73. The number of hydrogen-bond acceptors (Lipinski definition) is 3. The molecule has 0 bridgehead atoms. The molecule has 0 fully saturated rings. The van der Waals surface area contributed by atoms with Crippen LogP contribution < -0.4 is 5.32 Å². The van der Waals surface area contributed by atoms with Crippen LogP contribution in [0.4, 0.5) is 0 Å². The lowest BCUT2D eigenvalue weighted by Gasteiger charge is -2.18.